The first-order chi connectivity index (χ1) is 4.16. The van der Waals surface area contributed by atoms with Gasteiger partial charge in [-0.25, -0.2) is 0 Å². The van der Waals surface area contributed by atoms with E-state index in [0.717, 1.165) is 19.3 Å². The lowest BCUT2D eigenvalue weighted by Gasteiger charge is -2.20. The molecule has 1 rings (SSSR count). The zero-order chi connectivity index (χ0) is 6.91. The molecule has 1 heterocycles. The Morgan fingerprint density at radius 1 is 1.78 bits per heavy atom. The van der Waals surface area contributed by atoms with Gasteiger partial charge in [-0.3, -0.25) is 0 Å². The number of aliphatic hydroxyl groups is 1. The molecular weight excluding hydrogens is 116 g/mol. The quantitative estimate of drug-likeness (QED) is 0.579. The molecule has 0 aromatic heterocycles. The molecule has 0 radical (unpaired) electrons. The predicted molar refractivity (Wildman–Crippen MR) is 35.0 cm³/mol. The average Bonchev–Trinajstić information content (AvgIpc) is 2.13. The topological polar surface area (TPSA) is 29.5 Å². The summed E-state index contributed by atoms with van der Waals surface area (Å²) < 4.78 is 5.25. The molecule has 54 valence electrons. The molecule has 0 bridgehead atoms. The number of aliphatic hydroxyl groups excluding tert-OH is 1. The predicted octanol–water partition coefficient (Wildman–Crippen LogP) is 1.28. The third kappa shape index (κ3) is 1.43. The Morgan fingerprint density at radius 3 is 2.67 bits per heavy atom. The highest BCUT2D eigenvalue weighted by atomic mass is 16.6. The molecule has 1 N–H and O–H groups in total. The fraction of sp³-hybridized carbons (Fsp3) is 1.00. The third-order valence-electron chi connectivity index (χ3n) is 2.09. The van der Waals surface area contributed by atoms with Gasteiger partial charge in [0, 0.05) is 6.42 Å². The maximum Gasteiger partial charge on any atom is 0.155 e. The normalized spacial score (nSPS) is 43.7. The summed E-state index contributed by atoms with van der Waals surface area (Å²) in [6.45, 7) is 4.13. The van der Waals surface area contributed by atoms with Crippen molar-refractivity contribution in [1.82, 2.24) is 0 Å². The first-order valence-corrected chi connectivity index (χ1v) is 3.52. The van der Waals surface area contributed by atoms with Crippen molar-refractivity contribution in [2.45, 2.75) is 45.0 Å². The van der Waals surface area contributed by atoms with E-state index in [1.165, 1.54) is 0 Å². The minimum atomic E-state index is -0.505. The highest BCUT2D eigenvalue weighted by molar-refractivity contribution is 4.79. The summed E-state index contributed by atoms with van der Waals surface area (Å²) >= 11 is 0. The van der Waals surface area contributed by atoms with Crippen molar-refractivity contribution in [1.29, 1.82) is 0 Å². The van der Waals surface area contributed by atoms with Gasteiger partial charge in [0.15, 0.2) is 6.29 Å². The van der Waals surface area contributed by atoms with Crippen LogP contribution in [0.2, 0.25) is 0 Å². The van der Waals surface area contributed by atoms with Crippen molar-refractivity contribution in [3.05, 3.63) is 0 Å². The lowest BCUT2D eigenvalue weighted by Crippen LogP contribution is -2.23. The second kappa shape index (κ2) is 2.27. The molecule has 1 saturated heterocycles. The maximum atomic E-state index is 8.97. The molecule has 0 saturated carbocycles. The molecule has 0 aliphatic carbocycles. The molecule has 1 unspecified atom stereocenters. The van der Waals surface area contributed by atoms with Gasteiger partial charge in [0.05, 0.1) is 5.60 Å². The van der Waals surface area contributed by atoms with Crippen LogP contribution in [-0.2, 0) is 4.74 Å². The molecule has 9 heavy (non-hydrogen) atoms. The van der Waals surface area contributed by atoms with Gasteiger partial charge in [0.2, 0.25) is 0 Å². The third-order valence-corrected chi connectivity index (χ3v) is 2.09. The molecule has 2 heteroatoms. The van der Waals surface area contributed by atoms with Crippen molar-refractivity contribution in [3.8, 4) is 0 Å². The lowest BCUT2D eigenvalue weighted by atomic mass is 10.0. The molecule has 1 aliphatic heterocycles. The Balaban J connectivity index is 2.45. The zero-order valence-electron chi connectivity index (χ0n) is 6.05. The lowest BCUT2D eigenvalue weighted by molar-refractivity contribution is -0.130. The van der Waals surface area contributed by atoms with Crippen LogP contribution in [-0.4, -0.2) is 17.0 Å². The van der Waals surface area contributed by atoms with Crippen LogP contribution in [0.3, 0.4) is 0 Å². The molecule has 2 nitrogen and oxygen atoms in total. The van der Waals surface area contributed by atoms with Gasteiger partial charge in [0.1, 0.15) is 0 Å². The monoisotopic (exact) mass is 130 g/mol. The molecule has 2 atom stereocenters. The average molecular weight is 130 g/mol. The van der Waals surface area contributed by atoms with Crippen LogP contribution in [0.25, 0.3) is 0 Å². The van der Waals surface area contributed by atoms with Gasteiger partial charge < -0.3 is 9.84 Å². The van der Waals surface area contributed by atoms with Crippen molar-refractivity contribution < 1.29 is 9.84 Å². The number of hydrogen-bond donors (Lipinski definition) is 1. The van der Waals surface area contributed by atoms with Gasteiger partial charge in [-0.2, -0.15) is 0 Å². The molecule has 0 aromatic rings. The first kappa shape index (κ1) is 7.03. The summed E-state index contributed by atoms with van der Waals surface area (Å²) in [5.41, 5.74) is -0.0422. The Kier molecular flexibility index (Phi) is 1.78. The summed E-state index contributed by atoms with van der Waals surface area (Å²) in [5, 5.41) is 8.97. The highest BCUT2D eigenvalue weighted by Crippen LogP contribution is 2.30. The van der Waals surface area contributed by atoms with E-state index in [9.17, 15) is 0 Å². The highest BCUT2D eigenvalue weighted by Gasteiger charge is 2.32. The van der Waals surface area contributed by atoms with E-state index in [1.807, 2.05) is 6.92 Å². The van der Waals surface area contributed by atoms with E-state index in [1.54, 1.807) is 0 Å². The summed E-state index contributed by atoms with van der Waals surface area (Å²) in [5.74, 6) is 0. The van der Waals surface area contributed by atoms with Gasteiger partial charge in [-0.05, 0) is 19.8 Å². The number of ether oxygens (including phenoxy) is 1. The van der Waals surface area contributed by atoms with Gasteiger partial charge in [-0.1, -0.05) is 6.92 Å². The van der Waals surface area contributed by atoms with Crippen LogP contribution in [0.5, 0.6) is 0 Å². The number of hydrogen-bond acceptors (Lipinski definition) is 2. The van der Waals surface area contributed by atoms with Gasteiger partial charge in [-0.15, -0.1) is 0 Å². The maximum absolute atomic E-state index is 8.97. The van der Waals surface area contributed by atoms with E-state index in [-0.39, 0.29) is 5.60 Å². The van der Waals surface area contributed by atoms with Crippen LogP contribution in [0.15, 0.2) is 0 Å². The number of rotatable bonds is 1. The second-order valence-electron chi connectivity index (χ2n) is 2.91. The largest absolute Gasteiger partial charge is 0.368 e. The smallest absolute Gasteiger partial charge is 0.155 e. The first-order valence-electron chi connectivity index (χ1n) is 3.52. The van der Waals surface area contributed by atoms with Crippen LogP contribution in [0.1, 0.15) is 33.1 Å². The van der Waals surface area contributed by atoms with E-state index in [2.05, 4.69) is 6.92 Å². The molecule has 1 fully saturated rings. The van der Waals surface area contributed by atoms with Crippen LogP contribution >= 0.6 is 0 Å². The van der Waals surface area contributed by atoms with Gasteiger partial charge >= 0.3 is 0 Å². The standard InChI is InChI=1S/C7H14O2/c1-3-7(2)5-4-6(8)9-7/h6,8H,3-5H2,1-2H3/t6?,7-/m1/s1. The second-order valence-corrected chi connectivity index (χ2v) is 2.91. The molecular formula is C7H14O2. The summed E-state index contributed by atoms with van der Waals surface area (Å²) in [6, 6.07) is 0. The Labute approximate surface area is 55.8 Å². The summed E-state index contributed by atoms with van der Waals surface area (Å²) in [6.07, 6.45) is 2.27. The van der Waals surface area contributed by atoms with Gasteiger partial charge in [0.25, 0.3) is 0 Å². The van der Waals surface area contributed by atoms with E-state index < -0.39 is 6.29 Å². The van der Waals surface area contributed by atoms with E-state index in [0.29, 0.717) is 0 Å². The Bertz CT molecular complexity index is 103. The Hall–Kier alpha value is -0.0800. The van der Waals surface area contributed by atoms with Crippen molar-refractivity contribution in [2.75, 3.05) is 0 Å². The van der Waals surface area contributed by atoms with Crippen LogP contribution < -0.4 is 0 Å². The van der Waals surface area contributed by atoms with Crippen molar-refractivity contribution >= 4 is 0 Å². The van der Waals surface area contributed by atoms with Crippen molar-refractivity contribution in [2.24, 2.45) is 0 Å². The van der Waals surface area contributed by atoms with E-state index >= 15 is 0 Å². The SMILES string of the molecule is CC[C@]1(C)CCC(O)O1. The molecule has 0 aromatic carbocycles. The summed E-state index contributed by atoms with van der Waals surface area (Å²) in [7, 11) is 0. The minimum absolute atomic E-state index is 0.0422. The van der Waals surface area contributed by atoms with Crippen molar-refractivity contribution in [3.63, 3.8) is 0 Å². The molecule has 0 spiro atoms. The summed E-state index contributed by atoms with van der Waals surface area (Å²) in [4.78, 5) is 0. The fourth-order valence-electron chi connectivity index (χ4n) is 1.14. The molecule has 0 amide bonds. The van der Waals surface area contributed by atoms with Crippen LogP contribution in [0, 0.1) is 0 Å². The molecule has 1 aliphatic rings. The zero-order valence-corrected chi connectivity index (χ0v) is 6.05. The Morgan fingerprint density at radius 2 is 2.44 bits per heavy atom. The fourth-order valence-corrected chi connectivity index (χ4v) is 1.14. The van der Waals surface area contributed by atoms with Crippen LogP contribution in [0.4, 0.5) is 0 Å². The minimum Gasteiger partial charge on any atom is -0.368 e. The van der Waals surface area contributed by atoms with E-state index in [4.69, 9.17) is 9.84 Å².